The quantitative estimate of drug-likeness (QED) is 0.690. The van der Waals surface area contributed by atoms with E-state index in [9.17, 15) is 4.79 Å². The van der Waals surface area contributed by atoms with Crippen molar-refractivity contribution in [1.29, 1.82) is 0 Å². The van der Waals surface area contributed by atoms with E-state index in [4.69, 9.17) is 5.73 Å². The number of aromatic nitrogens is 3. The summed E-state index contributed by atoms with van der Waals surface area (Å²) in [5.74, 6) is -0.00775. The van der Waals surface area contributed by atoms with Crippen LogP contribution in [0.3, 0.4) is 0 Å². The second-order valence-electron chi connectivity index (χ2n) is 7.59. The third kappa shape index (κ3) is 2.84. The van der Waals surface area contributed by atoms with Gasteiger partial charge in [-0.15, -0.1) is 0 Å². The Morgan fingerprint density at radius 3 is 2.79 bits per heavy atom. The molecule has 0 fully saturated rings. The minimum Gasteiger partial charge on any atom is -0.398 e. The highest BCUT2D eigenvalue weighted by atomic mass is 16.1. The van der Waals surface area contributed by atoms with E-state index in [1.807, 2.05) is 62.9 Å². The summed E-state index contributed by atoms with van der Waals surface area (Å²) >= 11 is 0. The monoisotopic (exact) mass is 383 g/mol. The molecule has 0 spiro atoms. The number of benzene rings is 1. The van der Waals surface area contributed by atoms with Gasteiger partial charge < -0.3 is 5.73 Å². The molecule has 1 aliphatic carbocycles. The summed E-state index contributed by atoms with van der Waals surface area (Å²) in [5.41, 5.74) is 13.7. The smallest absolute Gasteiger partial charge is 0.255 e. The maximum atomic E-state index is 12.9. The molecule has 0 bridgehead atoms. The number of fused-ring (bicyclic) bond motifs is 3. The number of rotatable bonds is 2. The maximum absolute atomic E-state index is 12.9. The number of aliphatic imine (C=N–C) groups is 1. The minimum atomic E-state index is -0.0702. The van der Waals surface area contributed by atoms with Crippen LogP contribution in [0.25, 0.3) is 11.3 Å². The van der Waals surface area contributed by atoms with E-state index in [-0.39, 0.29) is 11.5 Å². The van der Waals surface area contributed by atoms with Gasteiger partial charge in [-0.25, -0.2) is 0 Å². The second-order valence-corrected chi connectivity index (χ2v) is 7.59. The number of nitrogens with two attached hydrogens (primary N) is 1. The molecular weight excluding hydrogens is 362 g/mol. The first kappa shape index (κ1) is 17.4. The lowest BCUT2D eigenvalue weighted by Crippen LogP contribution is -2.27. The Balaban J connectivity index is 1.68. The van der Waals surface area contributed by atoms with E-state index in [1.54, 1.807) is 15.3 Å². The molecular formula is C23H21N5O. The van der Waals surface area contributed by atoms with E-state index >= 15 is 0 Å². The average Bonchev–Trinajstić information content (AvgIpc) is 3.16. The lowest BCUT2D eigenvalue weighted by molar-refractivity contribution is 0.714. The third-order valence-corrected chi connectivity index (χ3v) is 5.68. The van der Waals surface area contributed by atoms with Gasteiger partial charge in [-0.3, -0.25) is 19.0 Å². The highest BCUT2D eigenvalue weighted by Gasteiger charge is 2.30. The van der Waals surface area contributed by atoms with Crippen LogP contribution in [0.1, 0.15) is 34.7 Å². The van der Waals surface area contributed by atoms with Crippen molar-refractivity contribution in [3.05, 3.63) is 93.3 Å². The van der Waals surface area contributed by atoms with Crippen LogP contribution < -0.4 is 11.3 Å². The molecule has 1 aliphatic heterocycles. The normalized spacial score (nSPS) is 17.4. The fourth-order valence-electron chi connectivity index (χ4n) is 4.08. The first-order valence-corrected chi connectivity index (χ1v) is 9.57. The van der Waals surface area contributed by atoms with Gasteiger partial charge in [0.1, 0.15) is 0 Å². The Morgan fingerprint density at radius 1 is 1.17 bits per heavy atom. The van der Waals surface area contributed by atoms with Gasteiger partial charge in [0.25, 0.3) is 5.56 Å². The van der Waals surface area contributed by atoms with E-state index < -0.39 is 0 Å². The molecule has 5 rings (SSSR count). The van der Waals surface area contributed by atoms with E-state index in [0.717, 1.165) is 40.2 Å². The highest BCUT2D eigenvalue weighted by molar-refractivity contribution is 5.86. The van der Waals surface area contributed by atoms with E-state index in [1.165, 1.54) is 5.57 Å². The topological polar surface area (TPSA) is 78.2 Å². The number of hydrogen-bond acceptors (Lipinski definition) is 4. The van der Waals surface area contributed by atoms with Crippen LogP contribution in [0.2, 0.25) is 0 Å². The average molecular weight is 383 g/mol. The summed E-state index contributed by atoms with van der Waals surface area (Å²) in [7, 11) is 1.91. The summed E-state index contributed by atoms with van der Waals surface area (Å²) in [6, 6.07) is 9.21. The molecule has 2 N–H and O–H groups in total. The largest absolute Gasteiger partial charge is 0.398 e. The Kier molecular flexibility index (Phi) is 3.87. The Morgan fingerprint density at radius 2 is 2.03 bits per heavy atom. The number of nitrogen functional groups attached to an aromatic ring is 1. The number of anilines is 1. The first-order valence-electron chi connectivity index (χ1n) is 9.57. The standard InChI is InChI=1S/C23H21N5O/c1-14-3-6-18(10-20(14)24)28-22(29)8-5-16-11-25-21-7-4-15(9-19(21)23(16)28)17-12-26-27(2)13-17/h3-8,10-13,19H,9,24H2,1-2H3. The number of allylic oxidation sites excluding steroid dienone is 4. The van der Waals surface area contributed by atoms with Gasteiger partial charge in [0.15, 0.2) is 0 Å². The van der Waals surface area contributed by atoms with Crippen LogP contribution >= 0.6 is 0 Å². The molecule has 0 radical (unpaired) electrons. The van der Waals surface area contributed by atoms with Gasteiger partial charge >= 0.3 is 0 Å². The number of nitrogens with zero attached hydrogens (tertiary/aromatic N) is 4. The summed E-state index contributed by atoms with van der Waals surface area (Å²) in [6.45, 7) is 1.96. The fraction of sp³-hybridized carbons (Fsp3) is 0.174. The Bertz CT molecular complexity index is 1290. The van der Waals surface area contributed by atoms with Crippen LogP contribution in [-0.4, -0.2) is 20.6 Å². The zero-order chi connectivity index (χ0) is 20.1. The van der Waals surface area contributed by atoms with Gasteiger partial charge in [-0.05, 0) is 48.8 Å². The fourth-order valence-corrected chi connectivity index (χ4v) is 4.08. The molecule has 1 aromatic carbocycles. The van der Waals surface area contributed by atoms with E-state index in [0.29, 0.717) is 5.69 Å². The van der Waals surface area contributed by atoms with Crippen molar-refractivity contribution >= 4 is 17.5 Å². The number of aryl methyl sites for hydroxylation is 2. The zero-order valence-electron chi connectivity index (χ0n) is 16.3. The molecule has 3 heterocycles. The zero-order valence-corrected chi connectivity index (χ0v) is 16.3. The molecule has 2 aromatic heterocycles. The van der Waals surface area contributed by atoms with Crippen molar-refractivity contribution in [3.8, 4) is 5.69 Å². The van der Waals surface area contributed by atoms with Crippen molar-refractivity contribution in [2.45, 2.75) is 19.3 Å². The molecule has 1 unspecified atom stereocenters. The molecule has 6 nitrogen and oxygen atoms in total. The van der Waals surface area contributed by atoms with Crippen molar-refractivity contribution < 1.29 is 0 Å². The van der Waals surface area contributed by atoms with Crippen LogP contribution in [0.5, 0.6) is 0 Å². The third-order valence-electron chi connectivity index (χ3n) is 5.68. The van der Waals surface area contributed by atoms with Gasteiger partial charge in [0.05, 0.1) is 11.9 Å². The molecule has 6 heteroatoms. The molecule has 0 saturated carbocycles. The predicted octanol–water partition coefficient (Wildman–Crippen LogP) is 3.35. The molecule has 0 saturated heterocycles. The van der Waals surface area contributed by atoms with Gasteiger partial charge in [-0.1, -0.05) is 12.1 Å². The molecule has 2 aliphatic rings. The summed E-state index contributed by atoms with van der Waals surface area (Å²) < 4.78 is 3.58. The van der Waals surface area contributed by atoms with Crippen molar-refractivity contribution in [3.63, 3.8) is 0 Å². The van der Waals surface area contributed by atoms with Crippen LogP contribution in [0.4, 0.5) is 5.69 Å². The summed E-state index contributed by atoms with van der Waals surface area (Å²) in [6.07, 6.45) is 10.6. The number of hydrogen-bond donors (Lipinski definition) is 1. The SMILES string of the molecule is Cc1ccc(-n2c3c(ccc2=O)C=NC2=CC=C(c4cnn(C)c4)CC23)cc1N. The highest BCUT2D eigenvalue weighted by Crippen LogP contribution is 2.41. The van der Waals surface area contributed by atoms with Crippen molar-refractivity contribution in [1.82, 2.24) is 14.3 Å². The van der Waals surface area contributed by atoms with Crippen LogP contribution in [0.15, 0.2) is 70.4 Å². The van der Waals surface area contributed by atoms with Crippen molar-refractivity contribution in [2.24, 2.45) is 12.0 Å². The number of pyridine rings is 1. The lowest BCUT2D eigenvalue weighted by Gasteiger charge is -2.29. The van der Waals surface area contributed by atoms with E-state index in [2.05, 4.69) is 16.2 Å². The molecule has 29 heavy (non-hydrogen) atoms. The molecule has 3 aromatic rings. The van der Waals surface area contributed by atoms with Gasteiger partial charge in [0, 0.05) is 59.6 Å². The van der Waals surface area contributed by atoms with Crippen LogP contribution in [0, 0.1) is 6.92 Å². The Hall–Kier alpha value is -3.67. The molecule has 0 amide bonds. The maximum Gasteiger partial charge on any atom is 0.255 e. The Labute approximate surface area is 168 Å². The summed E-state index contributed by atoms with van der Waals surface area (Å²) in [4.78, 5) is 17.6. The first-order chi connectivity index (χ1) is 14.0. The van der Waals surface area contributed by atoms with Gasteiger partial charge in [-0.2, -0.15) is 5.10 Å². The molecule has 144 valence electrons. The van der Waals surface area contributed by atoms with Gasteiger partial charge in [0.2, 0.25) is 0 Å². The minimum absolute atomic E-state index is 0.00775. The predicted molar refractivity (Wildman–Crippen MR) is 115 cm³/mol. The lowest BCUT2D eigenvalue weighted by atomic mass is 9.83. The molecule has 1 atom stereocenters. The summed E-state index contributed by atoms with van der Waals surface area (Å²) in [5, 5.41) is 4.29. The van der Waals surface area contributed by atoms with Crippen LogP contribution in [-0.2, 0) is 7.05 Å². The second kappa shape index (κ2) is 6.44. The van der Waals surface area contributed by atoms with Crippen molar-refractivity contribution in [2.75, 3.05) is 5.73 Å².